The smallest absolute Gasteiger partial charge is 0.335 e. The molecule has 7 N–H and O–H groups in total. The Bertz CT molecular complexity index is 4170. The summed E-state index contributed by atoms with van der Waals surface area (Å²) in [6.45, 7) is 7.12. The molecule has 1 atom stereocenters. The van der Waals surface area contributed by atoms with Gasteiger partial charge in [0.1, 0.15) is 16.4 Å². The summed E-state index contributed by atoms with van der Waals surface area (Å²) in [5, 5.41) is 19.2. The van der Waals surface area contributed by atoms with Gasteiger partial charge in [-0.2, -0.15) is 46.7 Å². The van der Waals surface area contributed by atoms with Crippen LogP contribution >= 0.6 is 0 Å². The lowest BCUT2D eigenvalue weighted by Gasteiger charge is -2.30. The van der Waals surface area contributed by atoms with Crippen molar-refractivity contribution in [1.29, 1.82) is 0 Å². The quantitative estimate of drug-likeness (QED) is 0.0128. The van der Waals surface area contributed by atoms with Gasteiger partial charge < -0.3 is 43.6 Å². The van der Waals surface area contributed by atoms with Gasteiger partial charge >= 0.3 is 5.97 Å². The van der Waals surface area contributed by atoms with Crippen LogP contribution in [-0.2, 0) is 89.9 Å². The van der Waals surface area contributed by atoms with Crippen LogP contribution in [-0.4, -0.2) is 181 Å². The number of aromatic hydroxyl groups is 2. The average Bonchev–Trinajstić information content (AvgIpc) is 1.62. The van der Waals surface area contributed by atoms with Crippen LogP contribution in [0.4, 0.5) is 11.4 Å². The lowest BCUT2D eigenvalue weighted by atomic mass is 9.75. The van der Waals surface area contributed by atoms with Crippen molar-refractivity contribution in [1.82, 2.24) is 4.73 Å². The van der Waals surface area contributed by atoms with Gasteiger partial charge in [0.15, 0.2) is 12.3 Å². The number of hydrogen-bond acceptors (Lipinski definition) is 20. The van der Waals surface area contributed by atoms with Crippen molar-refractivity contribution >= 4 is 95.2 Å². The van der Waals surface area contributed by atoms with E-state index in [1.54, 1.807) is 61.6 Å². The van der Waals surface area contributed by atoms with Crippen LogP contribution in [0.3, 0.4) is 0 Å². The van der Waals surface area contributed by atoms with E-state index in [1.165, 1.54) is 19.2 Å². The molecule has 2 aliphatic rings. The number of aromatic nitrogens is 1. The molecule has 0 amide bonds. The van der Waals surface area contributed by atoms with Crippen molar-refractivity contribution < 1.29 is 113 Å². The number of benzene rings is 4. The van der Waals surface area contributed by atoms with Crippen LogP contribution in [0.25, 0.3) is 21.5 Å². The van der Waals surface area contributed by atoms with Gasteiger partial charge in [-0.3, -0.25) is 22.8 Å². The molecule has 7 rings (SSSR count). The first-order valence-electron chi connectivity index (χ1n) is 26.5. The largest absolute Gasteiger partial charge is 0.492 e. The molecular formula is C55H66N3O24S5+. The Hall–Kier alpha value is -6.47. The van der Waals surface area contributed by atoms with Gasteiger partial charge in [-0.25, -0.2) is 4.79 Å². The van der Waals surface area contributed by atoms with Crippen LogP contribution in [0.15, 0.2) is 128 Å². The number of methoxy groups -OCH3 is 1. The Labute approximate surface area is 502 Å². The number of carbonyl (C=O) groups excluding carboxylic acids is 1. The molecule has 27 nitrogen and oxygen atoms in total. The maximum atomic E-state index is 12.7. The van der Waals surface area contributed by atoms with Crippen molar-refractivity contribution in [3.63, 3.8) is 0 Å². The standard InChI is InChI=1S/C55H65N3O24S5/c1-54(2)47(11-8-6-5-7-9-12-48-55(3,20-10-32-83(62,63)64)53-42-34-38(85(68,69)70)36-46(87(74,75)76)40(42)14-16-44(53)57(48)21-24-77-4)56(43-15-13-39-41(52(43)54)33-37(84(65,66)67)35-45(39)86(71,72)73)22-25-79-27-29-81-31-30-80-28-26-78-23-19-51(61)82-58-49(59)17-18-50(58)60/h5-9,11-18,33-36H,10,19-32H2,1-4H3,(H6-,59,60,62,63,64,65,66,67,68,69,70,71,72,73,74,75,76)/p+1. The molecular weight excluding hydrogens is 1250 g/mol. The third-order valence-corrected chi connectivity index (χ3v) is 18.6. The van der Waals surface area contributed by atoms with Gasteiger partial charge in [0, 0.05) is 71.1 Å². The van der Waals surface area contributed by atoms with Crippen LogP contribution in [0.2, 0.25) is 0 Å². The molecule has 1 aromatic heterocycles. The van der Waals surface area contributed by atoms with Crippen LogP contribution in [0.1, 0.15) is 51.2 Å². The predicted molar refractivity (Wildman–Crippen MR) is 315 cm³/mol. The second kappa shape index (κ2) is 27.5. The van der Waals surface area contributed by atoms with Gasteiger partial charge in [0.05, 0.1) is 80.2 Å². The maximum Gasteiger partial charge on any atom is 0.335 e. The zero-order chi connectivity index (χ0) is 63.9. The number of nitrogens with zero attached hydrogens (tertiary/aromatic N) is 3. The molecule has 87 heavy (non-hydrogen) atoms. The first-order chi connectivity index (χ1) is 40.7. The van der Waals surface area contributed by atoms with E-state index in [-0.39, 0.29) is 113 Å². The fraction of sp³-hybridized carbons (Fsp3) is 0.382. The molecule has 0 fully saturated rings. The Morgan fingerprint density at radius 1 is 0.586 bits per heavy atom. The molecule has 0 spiro atoms. The van der Waals surface area contributed by atoms with E-state index in [0.717, 1.165) is 24.3 Å². The van der Waals surface area contributed by atoms with Crippen LogP contribution in [0, 0.1) is 0 Å². The van der Waals surface area contributed by atoms with Crippen LogP contribution < -0.4 is 9.74 Å². The first-order valence-corrected chi connectivity index (χ1v) is 33.9. The second-order valence-corrected chi connectivity index (χ2v) is 27.8. The number of allylic oxidation sites excluding steroid dienone is 8. The average molecular weight is 1310 g/mol. The molecule has 2 aliphatic heterocycles. The third-order valence-electron chi connectivity index (χ3n) is 14.4. The van der Waals surface area contributed by atoms with E-state index >= 15 is 0 Å². The Morgan fingerprint density at radius 2 is 1.09 bits per heavy atom. The van der Waals surface area contributed by atoms with E-state index in [9.17, 15) is 79.9 Å². The van der Waals surface area contributed by atoms with Gasteiger partial charge in [0.2, 0.25) is 17.4 Å². The molecule has 4 aromatic carbocycles. The van der Waals surface area contributed by atoms with Crippen LogP contribution in [0.5, 0.6) is 11.8 Å². The van der Waals surface area contributed by atoms with E-state index in [2.05, 4.69) is 0 Å². The summed E-state index contributed by atoms with van der Waals surface area (Å²) in [4.78, 5) is 15.5. The minimum absolute atomic E-state index is 0.00127. The summed E-state index contributed by atoms with van der Waals surface area (Å²) in [5.74, 6) is -2.31. The van der Waals surface area contributed by atoms with Crippen molar-refractivity contribution in [3.05, 3.63) is 120 Å². The minimum atomic E-state index is -5.09. The van der Waals surface area contributed by atoms with E-state index < -0.39 is 104 Å². The Balaban J connectivity index is 1.11. The zero-order valence-corrected chi connectivity index (χ0v) is 51.5. The monoisotopic (exact) mass is 1310 g/mol. The summed E-state index contributed by atoms with van der Waals surface area (Å²) in [6.07, 6.45) is 11.6. The number of carbonyl (C=O) groups is 1. The Morgan fingerprint density at radius 3 is 1.62 bits per heavy atom. The highest BCUT2D eigenvalue weighted by Crippen LogP contribution is 2.54. The molecule has 5 aromatic rings. The third kappa shape index (κ3) is 16.2. The van der Waals surface area contributed by atoms with Crippen molar-refractivity contribution in [3.8, 4) is 11.8 Å². The van der Waals surface area contributed by atoms with Crippen molar-refractivity contribution in [2.24, 2.45) is 0 Å². The molecule has 0 saturated carbocycles. The minimum Gasteiger partial charge on any atom is -0.492 e. The van der Waals surface area contributed by atoms with Gasteiger partial charge in [-0.15, -0.1) is 4.73 Å². The van der Waals surface area contributed by atoms with Gasteiger partial charge in [-0.1, -0.05) is 36.4 Å². The zero-order valence-electron chi connectivity index (χ0n) is 47.4. The fourth-order valence-corrected chi connectivity index (χ4v) is 13.8. The molecule has 0 radical (unpaired) electrons. The predicted octanol–water partition coefficient (Wildman–Crippen LogP) is 5.33. The van der Waals surface area contributed by atoms with Crippen molar-refractivity contribution in [2.45, 2.75) is 70.4 Å². The highest BCUT2D eigenvalue weighted by atomic mass is 32.2. The number of anilines is 1. The molecule has 32 heteroatoms. The molecule has 0 saturated heterocycles. The molecule has 3 heterocycles. The normalized spacial score (nSPS) is 17.1. The summed E-state index contributed by atoms with van der Waals surface area (Å²) in [5.41, 5.74) is 0.623. The fourth-order valence-electron chi connectivity index (χ4n) is 10.6. The maximum absolute atomic E-state index is 12.7. The lowest BCUT2D eigenvalue weighted by molar-refractivity contribution is -0.442. The molecule has 0 aliphatic carbocycles. The van der Waals surface area contributed by atoms with E-state index in [0.29, 0.717) is 50.8 Å². The van der Waals surface area contributed by atoms with E-state index in [4.69, 9.17) is 28.5 Å². The SMILES string of the molecule is COCCN1C(=CC=CC=CC=CC2=[N+](CCOCCOCCOCCOCCC(=O)On3c(O)ccc3O)c3ccc4c(S(=O)(=O)O)cc(S(=O)(=O)O)cc4c3C2(C)C)C(C)(CCCS(=O)(=O)O)c2c1ccc1c(S(=O)(=O)O)cc(S(=O)(=O)O)cc21. The van der Waals surface area contributed by atoms with E-state index in [1.807, 2.05) is 23.3 Å². The number of fused-ring (bicyclic) bond motifs is 6. The Kier molecular flexibility index (Phi) is 21.5. The first kappa shape index (κ1) is 68.0. The number of rotatable bonds is 31. The molecule has 0 bridgehead atoms. The molecule has 474 valence electrons. The number of hydrogen-bond donors (Lipinski definition) is 7. The lowest BCUT2D eigenvalue weighted by Crippen LogP contribution is -2.31. The summed E-state index contributed by atoms with van der Waals surface area (Å²) >= 11 is 0. The topological polar surface area (TPSA) is 396 Å². The highest BCUT2D eigenvalue weighted by Gasteiger charge is 2.47. The van der Waals surface area contributed by atoms with Gasteiger partial charge in [-0.05, 0) is 92.4 Å². The summed E-state index contributed by atoms with van der Waals surface area (Å²) in [6, 6.07) is 11.8. The second-order valence-electron chi connectivity index (χ2n) is 20.6. The molecule has 1 unspecified atom stereocenters. The van der Waals surface area contributed by atoms with Crippen molar-refractivity contribution in [2.75, 3.05) is 90.3 Å². The summed E-state index contributed by atoms with van der Waals surface area (Å²) in [7, 11) is -23.2. The highest BCUT2D eigenvalue weighted by molar-refractivity contribution is 7.87. The summed E-state index contributed by atoms with van der Waals surface area (Å²) < 4.78 is 206. The number of ether oxygens (including phenoxy) is 5. The van der Waals surface area contributed by atoms with Gasteiger partial charge in [0.25, 0.3) is 50.6 Å².